The van der Waals surface area contributed by atoms with Crippen LogP contribution >= 0.6 is 0 Å². The standard InChI is InChI=1S/C38H42N4O6S/c43-26-29-13-15-30(16-14-29)35-23-33(25-41-21-19-38(20-22-41)37(44)39-27-42(38)32-7-3-1-4-8-32)47-36(48-35)31-17-11-28(12-18-31)24-40-49(45,46)34-9-5-2-6-10-34/h1-18,33,35-36,40,43H,19-27H2,(H,39,44)/t33-,35+,36?/m0/s1. The van der Waals surface area contributed by atoms with E-state index in [1.54, 1.807) is 30.3 Å². The zero-order chi connectivity index (χ0) is 33.8. The van der Waals surface area contributed by atoms with E-state index in [2.05, 4.69) is 32.0 Å². The summed E-state index contributed by atoms with van der Waals surface area (Å²) >= 11 is 0. The number of hydrogen-bond acceptors (Lipinski definition) is 8. The van der Waals surface area contributed by atoms with Gasteiger partial charge in [-0.15, -0.1) is 0 Å². The number of anilines is 1. The quantitative estimate of drug-likeness (QED) is 0.222. The van der Waals surface area contributed by atoms with Crippen molar-refractivity contribution in [2.24, 2.45) is 0 Å². The Labute approximate surface area is 287 Å². The molecule has 10 nitrogen and oxygen atoms in total. The lowest BCUT2D eigenvalue weighted by Gasteiger charge is -2.45. The molecule has 49 heavy (non-hydrogen) atoms. The van der Waals surface area contributed by atoms with E-state index >= 15 is 0 Å². The Morgan fingerprint density at radius 3 is 2.12 bits per heavy atom. The molecule has 7 rings (SSSR count). The van der Waals surface area contributed by atoms with Gasteiger partial charge in [-0.25, -0.2) is 13.1 Å². The van der Waals surface area contributed by atoms with E-state index in [9.17, 15) is 18.3 Å². The zero-order valence-electron chi connectivity index (χ0n) is 27.3. The van der Waals surface area contributed by atoms with E-state index in [4.69, 9.17) is 9.47 Å². The number of rotatable bonds is 10. The normalized spacial score (nSPS) is 22.7. The lowest BCUT2D eigenvalue weighted by atomic mass is 9.85. The molecule has 3 heterocycles. The third-order valence-electron chi connectivity index (χ3n) is 9.94. The molecular weight excluding hydrogens is 641 g/mol. The first-order chi connectivity index (χ1) is 23.8. The first-order valence-corrected chi connectivity index (χ1v) is 18.3. The van der Waals surface area contributed by atoms with Gasteiger partial charge in [0.1, 0.15) is 5.54 Å². The van der Waals surface area contributed by atoms with E-state index in [1.165, 1.54) is 0 Å². The van der Waals surface area contributed by atoms with Crippen molar-refractivity contribution in [2.45, 2.75) is 61.3 Å². The van der Waals surface area contributed by atoms with Crippen LogP contribution in [0.25, 0.3) is 0 Å². The first-order valence-electron chi connectivity index (χ1n) is 16.8. The summed E-state index contributed by atoms with van der Waals surface area (Å²) in [5.41, 5.74) is 4.01. The van der Waals surface area contributed by atoms with Gasteiger partial charge >= 0.3 is 0 Å². The summed E-state index contributed by atoms with van der Waals surface area (Å²) in [6.45, 7) is 2.89. The van der Waals surface area contributed by atoms with Gasteiger partial charge in [-0.1, -0.05) is 84.9 Å². The number of carbonyl (C=O) groups excluding carboxylic acids is 1. The van der Waals surface area contributed by atoms with E-state index in [0.717, 1.165) is 53.9 Å². The Morgan fingerprint density at radius 1 is 0.816 bits per heavy atom. The maximum atomic E-state index is 13.2. The molecule has 256 valence electrons. The average Bonchev–Trinajstić information content (AvgIpc) is 3.47. The third-order valence-corrected chi connectivity index (χ3v) is 11.4. The molecule has 0 aromatic heterocycles. The van der Waals surface area contributed by atoms with Crippen LogP contribution in [0.4, 0.5) is 5.69 Å². The van der Waals surface area contributed by atoms with Crippen LogP contribution in [0.3, 0.4) is 0 Å². The fourth-order valence-corrected chi connectivity index (χ4v) is 8.15. The highest BCUT2D eigenvalue weighted by atomic mass is 32.2. The molecule has 3 N–H and O–H groups in total. The van der Waals surface area contributed by atoms with E-state index < -0.39 is 21.9 Å². The minimum absolute atomic E-state index is 0.0236. The molecule has 0 bridgehead atoms. The second-order valence-corrected chi connectivity index (χ2v) is 14.8. The number of para-hydroxylation sites is 1. The number of benzene rings is 4. The van der Waals surface area contributed by atoms with Gasteiger partial charge in [0.2, 0.25) is 15.9 Å². The highest BCUT2D eigenvalue weighted by molar-refractivity contribution is 7.89. The highest BCUT2D eigenvalue weighted by Crippen LogP contribution is 2.40. The van der Waals surface area contributed by atoms with Crippen LogP contribution in [0.1, 0.15) is 53.9 Å². The predicted octanol–water partition coefficient (Wildman–Crippen LogP) is 4.63. The third kappa shape index (κ3) is 7.28. The Hall–Kier alpha value is -4.10. The number of nitrogens with zero attached hydrogens (tertiary/aromatic N) is 2. The smallest absolute Gasteiger partial charge is 0.247 e. The summed E-state index contributed by atoms with van der Waals surface area (Å²) in [6, 6.07) is 33.9. The largest absolute Gasteiger partial charge is 0.392 e. The summed E-state index contributed by atoms with van der Waals surface area (Å²) < 4.78 is 41.2. The maximum Gasteiger partial charge on any atom is 0.247 e. The average molecular weight is 683 g/mol. The summed E-state index contributed by atoms with van der Waals surface area (Å²) in [4.78, 5) is 18.0. The SMILES string of the molecule is O=C1NCN(c2ccccc2)C12CCN(C[C@@H]1C[C@H](c3ccc(CO)cc3)OC(c3ccc(CNS(=O)(=O)c4ccccc4)cc3)O1)CC2. The van der Waals surface area contributed by atoms with Crippen molar-refractivity contribution >= 4 is 21.6 Å². The van der Waals surface area contributed by atoms with Gasteiger partial charge in [0, 0.05) is 43.9 Å². The Balaban J connectivity index is 1.04. The number of aliphatic hydroxyl groups is 1. The molecule has 1 spiro atoms. The number of piperidine rings is 1. The minimum Gasteiger partial charge on any atom is -0.392 e. The van der Waals surface area contributed by atoms with Crippen LogP contribution in [-0.2, 0) is 37.4 Å². The molecule has 3 aliphatic heterocycles. The van der Waals surface area contributed by atoms with E-state index in [-0.39, 0.29) is 36.2 Å². The van der Waals surface area contributed by atoms with Crippen molar-refractivity contribution in [1.82, 2.24) is 14.9 Å². The Morgan fingerprint density at radius 2 is 1.45 bits per heavy atom. The van der Waals surface area contributed by atoms with E-state index in [1.807, 2.05) is 66.7 Å². The van der Waals surface area contributed by atoms with Crippen LogP contribution in [-0.4, -0.2) is 62.3 Å². The van der Waals surface area contributed by atoms with Gasteiger partial charge in [-0.2, -0.15) is 0 Å². The molecule has 4 aromatic rings. The number of likely N-dealkylation sites (tertiary alicyclic amines) is 1. The monoisotopic (exact) mass is 682 g/mol. The lowest BCUT2D eigenvalue weighted by Crippen LogP contribution is -2.57. The molecule has 0 aliphatic carbocycles. The predicted molar refractivity (Wildman–Crippen MR) is 186 cm³/mol. The van der Waals surface area contributed by atoms with Crippen LogP contribution in [0.5, 0.6) is 0 Å². The highest BCUT2D eigenvalue weighted by Gasteiger charge is 2.50. The number of hydrogen-bond donors (Lipinski definition) is 3. The van der Waals surface area contributed by atoms with Crippen molar-refractivity contribution in [1.29, 1.82) is 0 Å². The topological polar surface area (TPSA) is 120 Å². The molecular formula is C38H42N4O6S. The van der Waals surface area contributed by atoms with Crippen LogP contribution in [0.15, 0.2) is 114 Å². The van der Waals surface area contributed by atoms with Crippen molar-refractivity contribution in [2.75, 3.05) is 31.2 Å². The van der Waals surface area contributed by atoms with Crippen molar-refractivity contribution in [3.63, 3.8) is 0 Å². The minimum atomic E-state index is -3.63. The van der Waals surface area contributed by atoms with Crippen LogP contribution in [0.2, 0.25) is 0 Å². The van der Waals surface area contributed by atoms with Crippen molar-refractivity contribution in [3.05, 3.63) is 131 Å². The summed E-state index contributed by atoms with van der Waals surface area (Å²) in [6.07, 6.45) is 1.13. The van der Waals surface area contributed by atoms with Gasteiger partial charge in [0.25, 0.3) is 0 Å². The van der Waals surface area contributed by atoms with Gasteiger partial charge < -0.3 is 29.7 Å². The summed E-state index contributed by atoms with van der Waals surface area (Å²) in [5, 5.41) is 12.7. The van der Waals surface area contributed by atoms with Gasteiger partial charge in [0.15, 0.2) is 6.29 Å². The summed E-state index contributed by atoms with van der Waals surface area (Å²) in [7, 11) is -3.63. The number of ether oxygens (including phenoxy) is 2. The van der Waals surface area contributed by atoms with E-state index in [0.29, 0.717) is 19.6 Å². The van der Waals surface area contributed by atoms with Crippen LogP contribution in [0, 0.1) is 0 Å². The zero-order valence-corrected chi connectivity index (χ0v) is 28.1. The van der Waals surface area contributed by atoms with Gasteiger partial charge in [-0.05, 0) is 53.8 Å². The molecule has 0 radical (unpaired) electrons. The first kappa shape index (κ1) is 33.4. The molecule has 4 aromatic carbocycles. The number of amides is 1. The molecule has 3 aliphatic rings. The molecule has 1 unspecified atom stereocenters. The molecule has 11 heteroatoms. The molecule has 3 saturated heterocycles. The van der Waals surface area contributed by atoms with Crippen molar-refractivity contribution in [3.8, 4) is 0 Å². The number of sulfonamides is 1. The second kappa shape index (κ2) is 14.4. The fourth-order valence-electron chi connectivity index (χ4n) is 7.11. The maximum absolute atomic E-state index is 13.2. The van der Waals surface area contributed by atoms with Gasteiger partial charge in [0.05, 0.1) is 30.4 Å². The summed E-state index contributed by atoms with van der Waals surface area (Å²) in [5.74, 6) is 0.0982. The fraction of sp³-hybridized carbons (Fsp3) is 0.342. The number of carbonyl (C=O) groups is 1. The molecule has 1 amide bonds. The van der Waals surface area contributed by atoms with Crippen LogP contribution < -0.4 is 14.9 Å². The lowest BCUT2D eigenvalue weighted by molar-refractivity contribution is -0.253. The number of aliphatic hydroxyl groups excluding tert-OH is 1. The van der Waals surface area contributed by atoms with Crippen molar-refractivity contribution < 1.29 is 27.8 Å². The Kier molecular flexibility index (Phi) is 9.82. The molecule has 3 atom stereocenters. The van der Waals surface area contributed by atoms with Gasteiger partial charge in [-0.3, -0.25) is 4.79 Å². The Bertz CT molecular complexity index is 1820. The number of nitrogens with one attached hydrogen (secondary N) is 2. The molecule has 3 fully saturated rings. The second-order valence-electron chi connectivity index (χ2n) is 13.0. The molecule has 0 saturated carbocycles.